The molecule has 3 heteroatoms. The fraction of sp³-hybridized carbons (Fsp3) is 0.944. The molecule has 0 atom stereocenters. The summed E-state index contributed by atoms with van der Waals surface area (Å²) in [5.41, 5.74) is 0.100. The van der Waals surface area contributed by atoms with E-state index in [1.807, 2.05) is 6.92 Å². The van der Waals surface area contributed by atoms with Gasteiger partial charge in [0, 0.05) is 5.54 Å². The van der Waals surface area contributed by atoms with Gasteiger partial charge in [-0.1, -0.05) is 13.8 Å². The van der Waals surface area contributed by atoms with Gasteiger partial charge in [-0.3, -0.25) is 9.69 Å². The number of nitrogens with zero attached hydrogens (tertiary/aromatic N) is 1. The van der Waals surface area contributed by atoms with Crippen LogP contribution in [0.3, 0.4) is 0 Å². The lowest BCUT2D eigenvalue weighted by molar-refractivity contribution is -0.166. The fourth-order valence-corrected chi connectivity index (χ4v) is 6.17. The van der Waals surface area contributed by atoms with Gasteiger partial charge in [0.1, 0.15) is 0 Å². The molecule has 0 amide bonds. The molecular weight excluding hydrogens is 262 g/mol. The van der Waals surface area contributed by atoms with Crippen LogP contribution in [0.15, 0.2) is 0 Å². The molecule has 4 aliphatic rings. The maximum absolute atomic E-state index is 12.3. The second-order valence-electron chi connectivity index (χ2n) is 7.45. The van der Waals surface area contributed by atoms with Gasteiger partial charge in [-0.15, -0.1) is 0 Å². The van der Waals surface area contributed by atoms with Crippen molar-refractivity contribution in [2.45, 2.75) is 64.8 Å². The van der Waals surface area contributed by atoms with E-state index in [2.05, 4.69) is 18.7 Å². The van der Waals surface area contributed by atoms with Gasteiger partial charge >= 0.3 is 5.97 Å². The summed E-state index contributed by atoms with van der Waals surface area (Å²) in [6, 6.07) is 0. The smallest absolute Gasteiger partial charge is 0.307 e. The molecular formula is C18H31NO2. The van der Waals surface area contributed by atoms with E-state index in [1.54, 1.807) is 0 Å². The molecule has 0 aliphatic heterocycles. The van der Waals surface area contributed by atoms with Gasteiger partial charge in [-0.2, -0.15) is 0 Å². The van der Waals surface area contributed by atoms with Crippen molar-refractivity contribution < 1.29 is 9.53 Å². The molecule has 0 aromatic rings. The zero-order valence-electron chi connectivity index (χ0n) is 13.9. The molecule has 3 nitrogen and oxygen atoms in total. The summed E-state index contributed by atoms with van der Waals surface area (Å²) in [6.07, 6.45) is 7.48. The predicted molar refractivity (Wildman–Crippen MR) is 83.9 cm³/mol. The van der Waals surface area contributed by atoms with E-state index in [9.17, 15) is 4.79 Å². The molecule has 120 valence electrons. The van der Waals surface area contributed by atoms with Crippen LogP contribution in [-0.2, 0) is 9.53 Å². The normalized spacial score (nSPS) is 40.8. The summed E-state index contributed by atoms with van der Waals surface area (Å²) >= 11 is 0. The number of carbonyl (C=O) groups is 1. The van der Waals surface area contributed by atoms with Crippen LogP contribution >= 0.6 is 0 Å². The van der Waals surface area contributed by atoms with Gasteiger partial charge in [-0.25, -0.2) is 0 Å². The Labute approximate surface area is 129 Å². The average molecular weight is 293 g/mol. The highest BCUT2D eigenvalue weighted by molar-refractivity contribution is 5.71. The molecule has 0 aromatic carbocycles. The molecule has 0 heterocycles. The fourth-order valence-electron chi connectivity index (χ4n) is 6.17. The zero-order valence-corrected chi connectivity index (χ0v) is 13.9. The molecule has 0 unspecified atom stereocenters. The van der Waals surface area contributed by atoms with Gasteiger partial charge in [0.25, 0.3) is 0 Å². The Kier molecular flexibility index (Phi) is 4.31. The summed E-state index contributed by atoms with van der Waals surface area (Å²) in [5.74, 6) is 3.35. The molecule has 4 saturated carbocycles. The maximum Gasteiger partial charge on any atom is 0.307 e. The highest BCUT2D eigenvalue weighted by Crippen LogP contribution is 2.61. The van der Waals surface area contributed by atoms with Crippen molar-refractivity contribution in [1.82, 2.24) is 4.90 Å². The topological polar surface area (TPSA) is 29.5 Å². The van der Waals surface area contributed by atoms with Crippen molar-refractivity contribution in [3.8, 4) is 0 Å². The molecule has 0 aromatic heterocycles. The van der Waals surface area contributed by atoms with Gasteiger partial charge < -0.3 is 4.74 Å². The number of ether oxygens (including phenoxy) is 1. The average Bonchev–Trinajstić information content (AvgIpc) is 2.44. The Balaban J connectivity index is 1.90. The van der Waals surface area contributed by atoms with Gasteiger partial charge in [-0.05, 0) is 75.8 Å². The lowest BCUT2D eigenvalue weighted by Gasteiger charge is -2.64. The molecule has 0 N–H and O–H groups in total. The third kappa shape index (κ3) is 2.42. The first-order valence-electron chi connectivity index (χ1n) is 9.04. The molecule has 0 saturated heterocycles. The number of esters is 1. The Morgan fingerprint density at radius 2 is 1.52 bits per heavy atom. The van der Waals surface area contributed by atoms with Gasteiger partial charge in [0.05, 0.1) is 13.0 Å². The number of hydrogen-bond donors (Lipinski definition) is 0. The second-order valence-corrected chi connectivity index (χ2v) is 7.45. The third-order valence-corrected chi connectivity index (χ3v) is 6.64. The highest BCUT2D eigenvalue weighted by Gasteiger charge is 2.59. The van der Waals surface area contributed by atoms with Crippen molar-refractivity contribution in [3.63, 3.8) is 0 Å². The molecule has 21 heavy (non-hydrogen) atoms. The first-order valence-corrected chi connectivity index (χ1v) is 9.04. The number of carbonyl (C=O) groups excluding carboxylic acids is 1. The zero-order chi connectivity index (χ0) is 15.0. The predicted octanol–water partition coefficient (Wildman–Crippen LogP) is 3.48. The van der Waals surface area contributed by atoms with Crippen molar-refractivity contribution in [1.29, 1.82) is 0 Å². The van der Waals surface area contributed by atoms with E-state index >= 15 is 0 Å². The molecule has 4 rings (SSSR count). The van der Waals surface area contributed by atoms with Crippen molar-refractivity contribution >= 4 is 5.97 Å². The first-order chi connectivity index (χ1) is 10.1. The Morgan fingerprint density at radius 3 is 1.95 bits per heavy atom. The maximum atomic E-state index is 12.3. The minimum Gasteiger partial charge on any atom is -0.466 e. The van der Waals surface area contributed by atoms with Crippen LogP contribution < -0.4 is 0 Å². The number of rotatable bonds is 6. The van der Waals surface area contributed by atoms with Crippen LogP contribution in [-0.4, -0.2) is 36.1 Å². The number of hydrogen-bond acceptors (Lipinski definition) is 3. The van der Waals surface area contributed by atoms with Gasteiger partial charge in [0.15, 0.2) is 0 Å². The summed E-state index contributed by atoms with van der Waals surface area (Å²) in [5, 5.41) is 0. The summed E-state index contributed by atoms with van der Waals surface area (Å²) in [7, 11) is 0. The van der Waals surface area contributed by atoms with Crippen LogP contribution in [0.5, 0.6) is 0 Å². The molecule has 0 spiro atoms. The highest BCUT2D eigenvalue weighted by atomic mass is 16.5. The summed E-state index contributed by atoms with van der Waals surface area (Å²) in [6.45, 7) is 9.03. The standard InChI is InChI=1S/C18H31NO2/c1-4-19(5-2)18(12-17(20)21-6-3)15-8-13-7-14(10-15)11-16(18)9-13/h13-16H,4-12H2,1-3H3. The van der Waals surface area contributed by atoms with E-state index < -0.39 is 0 Å². The Bertz CT molecular complexity index is 361. The summed E-state index contributed by atoms with van der Waals surface area (Å²) < 4.78 is 5.35. The van der Waals surface area contributed by atoms with Crippen LogP contribution in [0, 0.1) is 23.7 Å². The first kappa shape index (κ1) is 15.3. The largest absolute Gasteiger partial charge is 0.466 e. The quantitative estimate of drug-likeness (QED) is 0.702. The SMILES string of the molecule is CCOC(=O)CC1(N(CC)CC)C2CC3CC(C2)CC1C3. The minimum atomic E-state index is 0.0249. The van der Waals surface area contributed by atoms with Crippen LogP contribution in [0.2, 0.25) is 0 Å². The van der Waals surface area contributed by atoms with Crippen molar-refractivity contribution in [3.05, 3.63) is 0 Å². The van der Waals surface area contributed by atoms with Crippen molar-refractivity contribution in [2.75, 3.05) is 19.7 Å². The van der Waals surface area contributed by atoms with E-state index in [1.165, 1.54) is 32.1 Å². The minimum absolute atomic E-state index is 0.0249. The summed E-state index contributed by atoms with van der Waals surface area (Å²) in [4.78, 5) is 14.9. The lowest BCUT2D eigenvalue weighted by Crippen LogP contribution is -2.66. The molecule has 0 radical (unpaired) electrons. The van der Waals surface area contributed by atoms with Crippen LogP contribution in [0.1, 0.15) is 59.3 Å². The van der Waals surface area contributed by atoms with Crippen LogP contribution in [0.25, 0.3) is 0 Å². The Morgan fingerprint density at radius 1 is 1.00 bits per heavy atom. The Hall–Kier alpha value is -0.570. The molecule has 4 aliphatic carbocycles. The van der Waals surface area contributed by atoms with E-state index in [-0.39, 0.29) is 11.5 Å². The van der Waals surface area contributed by atoms with E-state index in [0.717, 1.165) is 36.8 Å². The third-order valence-electron chi connectivity index (χ3n) is 6.64. The lowest BCUT2D eigenvalue weighted by atomic mass is 9.47. The van der Waals surface area contributed by atoms with Gasteiger partial charge in [0.2, 0.25) is 0 Å². The molecule has 4 bridgehead atoms. The van der Waals surface area contributed by atoms with E-state index in [4.69, 9.17) is 4.74 Å². The van der Waals surface area contributed by atoms with Crippen molar-refractivity contribution in [2.24, 2.45) is 23.7 Å². The van der Waals surface area contributed by atoms with E-state index in [0.29, 0.717) is 13.0 Å². The second kappa shape index (κ2) is 5.91. The molecule has 4 fully saturated rings. The van der Waals surface area contributed by atoms with Crippen LogP contribution in [0.4, 0.5) is 0 Å². The monoisotopic (exact) mass is 293 g/mol.